The maximum atomic E-state index is 12.4. The summed E-state index contributed by atoms with van der Waals surface area (Å²) in [7, 11) is 0. The Morgan fingerprint density at radius 1 is 1.38 bits per heavy atom. The number of alkyl halides is 3. The van der Waals surface area contributed by atoms with Crippen LogP contribution < -0.4 is 5.73 Å². The minimum absolute atomic E-state index is 0.0277. The smallest absolute Gasteiger partial charge is 0.370 e. The number of rotatable bonds is 3. The standard InChI is InChI=1S/C10H9BrF3NO/c11-8-3-2-7(10(12,13)14)5-6(8)1-4-9(15)16/h2-3,5H,1,4H2,(H2,15,16). The van der Waals surface area contributed by atoms with Gasteiger partial charge in [0.05, 0.1) is 5.56 Å². The number of carbonyl (C=O) groups excluding carboxylic acids is 1. The lowest BCUT2D eigenvalue weighted by Crippen LogP contribution is -2.12. The van der Waals surface area contributed by atoms with Gasteiger partial charge in [0, 0.05) is 10.9 Å². The highest BCUT2D eigenvalue weighted by Crippen LogP contribution is 2.32. The van der Waals surface area contributed by atoms with E-state index in [1.807, 2.05) is 0 Å². The number of carbonyl (C=O) groups is 1. The van der Waals surface area contributed by atoms with Crippen LogP contribution in [0.2, 0.25) is 0 Å². The second-order valence-corrected chi connectivity index (χ2v) is 4.12. The van der Waals surface area contributed by atoms with Crippen LogP contribution >= 0.6 is 15.9 Å². The van der Waals surface area contributed by atoms with E-state index in [1.165, 1.54) is 6.07 Å². The summed E-state index contributed by atoms with van der Waals surface area (Å²) in [5, 5.41) is 0. The van der Waals surface area contributed by atoms with Crippen molar-refractivity contribution < 1.29 is 18.0 Å². The van der Waals surface area contributed by atoms with Crippen molar-refractivity contribution in [1.82, 2.24) is 0 Å². The van der Waals surface area contributed by atoms with Crippen LogP contribution in [0, 0.1) is 0 Å². The predicted molar refractivity (Wildman–Crippen MR) is 56.7 cm³/mol. The number of hydrogen-bond acceptors (Lipinski definition) is 1. The van der Waals surface area contributed by atoms with Crippen LogP contribution in [-0.4, -0.2) is 5.91 Å². The first-order valence-electron chi connectivity index (χ1n) is 4.44. The molecule has 0 radical (unpaired) electrons. The first-order valence-corrected chi connectivity index (χ1v) is 5.24. The summed E-state index contributed by atoms with van der Waals surface area (Å²) in [5.41, 5.74) is 4.64. The van der Waals surface area contributed by atoms with Gasteiger partial charge in [-0.05, 0) is 30.2 Å². The summed E-state index contributed by atoms with van der Waals surface area (Å²) in [4.78, 5) is 10.6. The summed E-state index contributed by atoms with van der Waals surface area (Å²) in [6.45, 7) is 0. The van der Waals surface area contributed by atoms with E-state index in [2.05, 4.69) is 15.9 Å². The predicted octanol–water partition coefficient (Wildman–Crippen LogP) is 2.89. The van der Waals surface area contributed by atoms with Gasteiger partial charge in [-0.15, -0.1) is 0 Å². The molecule has 0 fully saturated rings. The molecule has 0 aliphatic heterocycles. The molecule has 1 aromatic rings. The number of aryl methyl sites for hydroxylation is 1. The van der Waals surface area contributed by atoms with Gasteiger partial charge in [-0.1, -0.05) is 15.9 Å². The molecule has 1 rings (SSSR count). The van der Waals surface area contributed by atoms with Gasteiger partial charge in [-0.25, -0.2) is 0 Å². The number of hydrogen-bond donors (Lipinski definition) is 1. The lowest BCUT2D eigenvalue weighted by Gasteiger charge is -2.10. The van der Waals surface area contributed by atoms with Crippen molar-refractivity contribution in [2.45, 2.75) is 19.0 Å². The van der Waals surface area contributed by atoms with Crippen LogP contribution in [0.5, 0.6) is 0 Å². The molecule has 0 aliphatic carbocycles. The molecule has 2 nitrogen and oxygen atoms in total. The Balaban J connectivity index is 2.95. The van der Waals surface area contributed by atoms with Crippen LogP contribution in [0.25, 0.3) is 0 Å². The van der Waals surface area contributed by atoms with Gasteiger partial charge in [0.25, 0.3) is 0 Å². The fraction of sp³-hybridized carbons (Fsp3) is 0.300. The average molecular weight is 296 g/mol. The van der Waals surface area contributed by atoms with E-state index < -0.39 is 17.6 Å². The van der Waals surface area contributed by atoms with E-state index in [9.17, 15) is 18.0 Å². The van der Waals surface area contributed by atoms with E-state index in [-0.39, 0.29) is 12.8 Å². The monoisotopic (exact) mass is 295 g/mol. The van der Waals surface area contributed by atoms with Gasteiger partial charge >= 0.3 is 6.18 Å². The van der Waals surface area contributed by atoms with Gasteiger partial charge < -0.3 is 5.73 Å². The molecule has 0 atom stereocenters. The lowest BCUT2D eigenvalue weighted by atomic mass is 10.1. The Kier molecular flexibility index (Phi) is 3.96. The van der Waals surface area contributed by atoms with E-state index >= 15 is 0 Å². The van der Waals surface area contributed by atoms with Gasteiger partial charge in [-0.2, -0.15) is 13.2 Å². The number of amides is 1. The Morgan fingerprint density at radius 3 is 2.50 bits per heavy atom. The molecule has 1 amide bonds. The second kappa shape index (κ2) is 4.86. The molecule has 2 N–H and O–H groups in total. The van der Waals surface area contributed by atoms with Crippen molar-refractivity contribution in [2.75, 3.05) is 0 Å². The Bertz CT molecular complexity index is 404. The third kappa shape index (κ3) is 3.52. The lowest BCUT2D eigenvalue weighted by molar-refractivity contribution is -0.137. The summed E-state index contributed by atoms with van der Waals surface area (Å²) in [5.74, 6) is -0.538. The topological polar surface area (TPSA) is 43.1 Å². The summed E-state index contributed by atoms with van der Waals surface area (Å²) in [6, 6.07) is 3.32. The number of primary amides is 1. The molecule has 0 aromatic heterocycles. The molecule has 0 spiro atoms. The van der Waals surface area contributed by atoms with Crippen molar-refractivity contribution in [3.05, 3.63) is 33.8 Å². The maximum Gasteiger partial charge on any atom is 0.416 e. The van der Waals surface area contributed by atoms with Crippen LogP contribution in [-0.2, 0) is 17.4 Å². The van der Waals surface area contributed by atoms with Crippen molar-refractivity contribution >= 4 is 21.8 Å². The molecule has 0 saturated heterocycles. The highest BCUT2D eigenvalue weighted by Gasteiger charge is 2.30. The largest absolute Gasteiger partial charge is 0.416 e. The molecule has 0 aliphatic rings. The Morgan fingerprint density at radius 2 is 2.00 bits per heavy atom. The minimum atomic E-state index is -4.37. The van der Waals surface area contributed by atoms with E-state index in [1.54, 1.807) is 0 Å². The van der Waals surface area contributed by atoms with Crippen molar-refractivity contribution in [2.24, 2.45) is 5.73 Å². The zero-order chi connectivity index (χ0) is 12.3. The van der Waals surface area contributed by atoms with E-state index in [4.69, 9.17) is 5.73 Å². The Labute approximate surface area is 98.8 Å². The third-order valence-corrected chi connectivity index (χ3v) is 2.79. The Hall–Kier alpha value is -1.04. The normalized spacial score (nSPS) is 11.5. The maximum absolute atomic E-state index is 12.4. The van der Waals surface area contributed by atoms with Crippen LogP contribution in [0.3, 0.4) is 0 Å². The molecule has 0 unspecified atom stereocenters. The first-order chi connectivity index (χ1) is 7.30. The van der Waals surface area contributed by atoms with Gasteiger partial charge in [0.15, 0.2) is 0 Å². The summed E-state index contributed by atoms with van der Waals surface area (Å²) >= 11 is 3.13. The molecule has 16 heavy (non-hydrogen) atoms. The van der Waals surface area contributed by atoms with Crippen molar-refractivity contribution in [3.63, 3.8) is 0 Å². The minimum Gasteiger partial charge on any atom is -0.370 e. The van der Waals surface area contributed by atoms with Gasteiger partial charge in [0.1, 0.15) is 0 Å². The van der Waals surface area contributed by atoms with Gasteiger partial charge in [0.2, 0.25) is 5.91 Å². The first kappa shape index (κ1) is 13.0. The molecule has 88 valence electrons. The van der Waals surface area contributed by atoms with E-state index in [0.717, 1.165) is 12.1 Å². The number of benzene rings is 1. The molecule has 0 saturated carbocycles. The van der Waals surface area contributed by atoms with Crippen molar-refractivity contribution in [1.29, 1.82) is 0 Å². The van der Waals surface area contributed by atoms with Crippen LogP contribution in [0.1, 0.15) is 17.5 Å². The quantitative estimate of drug-likeness (QED) is 0.915. The molecular weight excluding hydrogens is 287 g/mol. The van der Waals surface area contributed by atoms with E-state index in [0.29, 0.717) is 10.0 Å². The third-order valence-electron chi connectivity index (χ3n) is 2.01. The highest BCUT2D eigenvalue weighted by molar-refractivity contribution is 9.10. The van der Waals surface area contributed by atoms with Crippen LogP contribution in [0.15, 0.2) is 22.7 Å². The van der Waals surface area contributed by atoms with Crippen LogP contribution in [0.4, 0.5) is 13.2 Å². The number of nitrogens with two attached hydrogens (primary N) is 1. The molecular formula is C10H9BrF3NO. The second-order valence-electron chi connectivity index (χ2n) is 3.27. The molecule has 0 bridgehead atoms. The van der Waals surface area contributed by atoms with Gasteiger partial charge in [-0.3, -0.25) is 4.79 Å². The fourth-order valence-electron chi connectivity index (χ4n) is 1.20. The highest BCUT2D eigenvalue weighted by atomic mass is 79.9. The summed E-state index contributed by atoms with van der Waals surface area (Å²) < 4.78 is 37.7. The fourth-order valence-corrected chi connectivity index (χ4v) is 1.65. The average Bonchev–Trinajstić information content (AvgIpc) is 2.14. The zero-order valence-corrected chi connectivity index (χ0v) is 9.73. The SMILES string of the molecule is NC(=O)CCc1cc(C(F)(F)F)ccc1Br. The summed E-state index contributed by atoms with van der Waals surface area (Å²) in [6.07, 6.45) is -4.15. The zero-order valence-electron chi connectivity index (χ0n) is 8.14. The molecule has 0 heterocycles. The number of halogens is 4. The molecule has 1 aromatic carbocycles. The van der Waals surface area contributed by atoms with Crippen molar-refractivity contribution in [3.8, 4) is 0 Å². The molecule has 6 heteroatoms.